The number of hydrogen-bond acceptors (Lipinski definition) is 4. The smallest absolute Gasteiger partial charge is 0.136 e. The number of anilines is 2. The van der Waals surface area contributed by atoms with Crippen LogP contribution in [0.5, 0.6) is 11.5 Å². The minimum Gasteiger partial charge on any atom is -0.509 e. The van der Waals surface area contributed by atoms with E-state index >= 15 is 0 Å². The van der Waals surface area contributed by atoms with Gasteiger partial charge in [-0.15, -0.1) is 53.8 Å². The van der Waals surface area contributed by atoms with Crippen molar-refractivity contribution in [3.05, 3.63) is 233 Å². The van der Waals surface area contributed by atoms with Crippen LogP contribution in [-0.2, 0) is 42.7 Å². The van der Waals surface area contributed by atoms with E-state index in [0.29, 0.717) is 29.3 Å². The number of benzene rings is 7. The molecule has 3 heterocycles. The molecule has 10 rings (SSSR count). The molecular weight excluding hydrogens is 1140 g/mol. The fourth-order valence-electron chi connectivity index (χ4n) is 11.3. The summed E-state index contributed by atoms with van der Waals surface area (Å²) >= 11 is 0. The van der Waals surface area contributed by atoms with E-state index in [1.54, 1.807) is 0 Å². The molecule has 0 radical (unpaired) electrons. The monoisotopic (exact) mass is 1220 g/mol. The Balaban J connectivity index is 0.00000757. The van der Waals surface area contributed by atoms with Crippen LogP contribution in [0.25, 0.3) is 38.8 Å². The number of nitrogens with zero attached hydrogens (tertiary/aromatic N) is 4. The molecule has 0 spiro atoms. The summed E-state index contributed by atoms with van der Waals surface area (Å²) < 4.78 is 9.53. The van der Waals surface area contributed by atoms with Crippen molar-refractivity contribution in [2.24, 2.45) is 0 Å². The van der Waals surface area contributed by atoms with Crippen LogP contribution >= 0.6 is 0 Å². The molecule has 0 atom stereocenters. The van der Waals surface area contributed by atoms with Crippen molar-refractivity contribution in [3.8, 4) is 28.4 Å². The van der Waals surface area contributed by atoms with Gasteiger partial charge in [0.2, 0.25) is 0 Å². The Morgan fingerprint density at radius 1 is 0.519 bits per heavy atom. The molecular formula is C73H79N4OPt-3. The third-order valence-electron chi connectivity index (χ3n) is 16.4. The minimum absolute atomic E-state index is 0. The Labute approximate surface area is 487 Å². The summed E-state index contributed by atoms with van der Waals surface area (Å²) in [5.74, 6) is 3.16. The van der Waals surface area contributed by atoms with Crippen LogP contribution in [-0.4, -0.2) is 9.55 Å². The van der Waals surface area contributed by atoms with Crippen molar-refractivity contribution in [2.75, 3.05) is 9.80 Å². The van der Waals surface area contributed by atoms with Gasteiger partial charge in [-0.3, -0.25) is 0 Å². The van der Waals surface area contributed by atoms with Crippen LogP contribution in [0.15, 0.2) is 164 Å². The molecule has 0 bridgehead atoms. The quantitative estimate of drug-likeness (QED) is 0.108. The van der Waals surface area contributed by atoms with Crippen molar-refractivity contribution in [1.82, 2.24) is 9.55 Å². The van der Waals surface area contributed by atoms with Crippen molar-refractivity contribution in [3.63, 3.8) is 0 Å². The summed E-state index contributed by atoms with van der Waals surface area (Å²) in [6, 6.07) is 61.1. The van der Waals surface area contributed by atoms with Crippen LogP contribution < -0.4 is 14.5 Å². The summed E-state index contributed by atoms with van der Waals surface area (Å²) in [4.78, 5) is 9.60. The Bertz CT molecular complexity index is 3670. The maximum atomic E-state index is 7.23. The molecule has 0 fully saturated rings. The SMILES string of the molecule is CC(C)c1cc(C(C)C)c(-c2ccnc(-n3c4[c-]c(Oc5[c-]c(N6C=CN(c7cc(C(C)(C)C)cc(C(C)(C)c8ccccc8)c7)[CH-]6)cc(C(C)(C)C)c5)cc(C(C)(C)c5ccccc5)c4c4ccccc43)c2)c(C(C)C)c1.[Pt]. The second-order valence-electron chi connectivity index (χ2n) is 25.8. The molecule has 6 heteroatoms. The van der Waals surface area contributed by atoms with Crippen LogP contribution in [0.2, 0.25) is 0 Å². The topological polar surface area (TPSA) is 33.5 Å². The predicted octanol–water partition coefficient (Wildman–Crippen LogP) is 19.8. The summed E-state index contributed by atoms with van der Waals surface area (Å²) in [7, 11) is 0. The predicted molar refractivity (Wildman–Crippen MR) is 330 cm³/mol. The second kappa shape index (κ2) is 21.8. The Morgan fingerprint density at radius 2 is 1.08 bits per heavy atom. The Kier molecular flexibility index (Phi) is 15.7. The zero-order valence-corrected chi connectivity index (χ0v) is 51.7. The summed E-state index contributed by atoms with van der Waals surface area (Å²) in [6.07, 6.45) is 6.25. The largest absolute Gasteiger partial charge is 0.509 e. The first-order valence-corrected chi connectivity index (χ1v) is 28.2. The molecule has 79 heavy (non-hydrogen) atoms. The van der Waals surface area contributed by atoms with E-state index in [1.807, 2.05) is 6.20 Å². The third kappa shape index (κ3) is 11.1. The van der Waals surface area contributed by atoms with E-state index in [4.69, 9.17) is 9.72 Å². The molecule has 7 aromatic carbocycles. The van der Waals surface area contributed by atoms with E-state index in [9.17, 15) is 0 Å². The van der Waals surface area contributed by atoms with Crippen molar-refractivity contribution in [1.29, 1.82) is 0 Å². The fraction of sp³-hybridized carbons (Fsp3) is 0.315. The number of ether oxygens (including phenoxy) is 1. The van der Waals surface area contributed by atoms with Gasteiger partial charge in [0.25, 0.3) is 0 Å². The third-order valence-corrected chi connectivity index (χ3v) is 16.4. The van der Waals surface area contributed by atoms with Gasteiger partial charge in [-0.2, -0.15) is 0 Å². The fourth-order valence-corrected chi connectivity index (χ4v) is 11.3. The van der Waals surface area contributed by atoms with E-state index in [2.05, 4.69) is 302 Å². The number of rotatable bonds is 13. The summed E-state index contributed by atoms with van der Waals surface area (Å²) in [5.41, 5.74) is 17.0. The van der Waals surface area contributed by atoms with Gasteiger partial charge in [-0.1, -0.05) is 219 Å². The maximum absolute atomic E-state index is 7.23. The van der Waals surface area contributed by atoms with Crippen LogP contribution in [0.3, 0.4) is 0 Å². The summed E-state index contributed by atoms with van der Waals surface area (Å²) in [5, 5.41) is 2.27. The number of pyridine rings is 1. The average Bonchev–Trinajstić information content (AvgIpc) is 4.26. The van der Waals surface area contributed by atoms with Crippen LogP contribution in [0.4, 0.5) is 11.4 Å². The molecule has 410 valence electrons. The minimum atomic E-state index is -0.436. The molecule has 0 saturated carbocycles. The first kappa shape index (κ1) is 57.0. The van der Waals surface area contributed by atoms with Gasteiger partial charge in [0.05, 0.1) is 0 Å². The van der Waals surface area contributed by atoms with Crippen molar-refractivity contribution >= 4 is 33.2 Å². The normalized spacial score (nSPS) is 13.4. The van der Waals surface area contributed by atoms with E-state index in [-0.39, 0.29) is 37.3 Å². The maximum Gasteiger partial charge on any atom is 0.136 e. The zero-order valence-electron chi connectivity index (χ0n) is 49.4. The molecule has 0 amide bonds. The Hall–Kier alpha value is -6.68. The van der Waals surface area contributed by atoms with E-state index < -0.39 is 5.41 Å². The van der Waals surface area contributed by atoms with Gasteiger partial charge >= 0.3 is 0 Å². The number of para-hydroxylation sites is 1. The number of hydrogen-bond donors (Lipinski definition) is 0. The van der Waals surface area contributed by atoms with Gasteiger partial charge < -0.3 is 19.1 Å². The second-order valence-corrected chi connectivity index (χ2v) is 25.8. The molecule has 9 aromatic rings. The molecule has 0 N–H and O–H groups in total. The van der Waals surface area contributed by atoms with Crippen LogP contribution in [0.1, 0.15) is 179 Å². The van der Waals surface area contributed by atoms with Gasteiger partial charge in [0, 0.05) is 55.4 Å². The zero-order chi connectivity index (χ0) is 55.6. The van der Waals surface area contributed by atoms with Gasteiger partial charge in [0.15, 0.2) is 0 Å². The van der Waals surface area contributed by atoms with Gasteiger partial charge in [-0.25, -0.2) is 4.98 Å². The first-order valence-electron chi connectivity index (χ1n) is 28.2. The number of fused-ring (bicyclic) bond motifs is 3. The van der Waals surface area contributed by atoms with E-state index in [0.717, 1.165) is 55.7 Å². The first-order chi connectivity index (χ1) is 36.9. The summed E-state index contributed by atoms with van der Waals surface area (Å²) in [6.45, 7) is 39.0. The van der Waals surface area contributed by atoms with Gasteiger partial charge in [0.1, 0.15) is 5.82 Å². The average molecular weight is 1220 g/mol. The molecule has 1 aliphatic rings. The standard InChI is InChI=1S/C73H79N4O.Pt/c1-47(2)51-35-62(48(3)4)68(63(36-51)49(5)6)50-31-32-74-67(37-50)77-65-30-24-23-29-61(65)69-64(73(15,16)53-27-21-18-22-28-53)44-60(45-66(69)77)78-59-42-55(71(10,11)12)40-58(43-59)76-34-33-75(46-76)57-39-54(70(7,8)9)38-56(41-57)72(13,14)52-25-19-17-20-26-52;/h17-42,44,46-49H,1-16H3;/q-3;. The van der Waals surface area contributed by atoms with Crippen LogP contribution in [0, 0.1) is 18.8 Å². The van der Waals surface area contributed by atoms with E-state index in [1.165, 1.54) is 44.5 Å². The molecule has 0 saturated heterocycles. The van der Waals surface area contributed by atoms with Gasteiger partial charge in [-0.05, 0) is 132 Å². The van der Waals surface area contributed by atoms with Crippen molar-refractivity contribution < 1.29 is 25.8 Å². The Morgan fingerprint density at radius 3 is 1.68 bits per heavy atom. The van der Waals surface area contributed by atoms with Crippen molar-refractivity contribution in [2.45, 2.75) is 150 Å². The molecule has 5 nitrogen and oxygen atoms in total. The molecule has 2 aromatic heterocycles. The molecule has 0 unspecified atom stereocenters. The molecule has 0 aliphatic carbocycles. The number of aromatic nitrogens is 2. The molecule has 1 aliphatic heterocycles.